The van der Waals surface area contributed by atoms with Gasteiger partial charge in [-0.3, -0.25) is 0 Å². The molecule has 0 fully saturated rings. The molecular formula is C22H20ClNO3. The van der Waals surface area contributed by atoms with Crippen molar-refractivity contribution < 1.29 is 14.6 Å². The third kappa shape index (κ3) is 5.02. The van der Waals surface area contributed by atoms with Gasteiger partial charge in [0, 0.05) is 12.2 Å². The topological polar surface area (TPSA) is 58.6 Å². The molecule has 0 aliphatic rings. The predicted octanol–water partition coefficient (Wildman–Crippen LogP) is 5.54. The van der Waals surface area contributed by atoms with Crippen LogP contribution in [-0.4, -0.2) is 11.1 Å². The van der Waals surface area contributed by atoms with Crippen molar-refractivity contribution in [3.63, 3.8) is 0 Å². The molecule has 0 saturated heterocycles. The Balaban J connectivity index is 1.63. The molecule has 0 spiro atoms. The van der Waals surface area contributed by atoms with Crippen LogP contribution in [0.1, 0.15) is 27.0 Å². The predicted molar refractivity (Wildman–Crippen MR) is 108 cm³/mol. The van der Waals surface area contributed by atoms with Gasteiger partial charge in [-0.25, -0.2) is 4.79 Å². The van der Waals surface area contributed by atoms with Gasteiger partial charge in [-0.2, -0.15) is 0 Å². The molecule has 138 valence electrons. The van der Waals surface area contributed by atoms with Crippen molar-refractivity contribution >= 4 is 23.3 Å². The third-order valence-electron chi connectivity index (χ3n) is 4.25. The number of anilines is 1. The van der Waals surface area contributed by atoms with Gasteiger partial charge in [0.15, 0.2) is 0 Å². The molecule has 0 unspecified atom stereocenters. The fourth-order valence-electron chi connectivity index (χ4n) is 2.68. The van der Waals surface area contributed by atoms with Gasteiger partial charge < -0.3 is 15.2 Å². The SMILES string of the molecule is Cc1ccccc1COc1cccc(CNc2ccc(Cl)c(C(=O)O)c2)c1. The minimum Gasteiger partial charge on any atom is -0.489 e. The Hall–Kier alpha value is -2.98. The Bertz CT molecular complexity index is 956. The molecule has 2 N–H and O–H groups in total. The summed E-state index contributed by atoms with van der Waals surface area (Å²) < 4.78 is 5.91. The van der Waals surface area contributed by atoms with Gasteiger partial charge in [-0.15, -0.1) is 0 Å². The second kappa shape index (κ2) is 8.60. The lowest BCUT2D eigenvalue weighted by Gasteiger charge is -2.11. The van der Waals surface area contributed by atoms with E-state index in [2.05, 4.69) is 24.4 Å². The largest absolute Gasteiger partial charge is 0.489 e. The van der Waals surface area contributed by atoms with Crippen LogP contribution in [0, 0.1) is 6.92 Å². The van der Waals surface area contributed by atoms with Gasteiger partial charge in [0.1, 0.15) is 12.4 Å². The van der Waals surface area contributed by atoms with Crippen LogP contribution in [0.5, 0.6) is 5.75 Å². The molecule has 4 nitrogen and oxygen atoms in total. The first-order valence-electron chi connectivity index (χ1n) is 8.56. The number of ether oxygens (including phenoxy) is 1. The standard InChI is InChI=1S/C22H20ClNO3/c1-15-5-2-3-7-17(15)14-27-19-8-4-6-16(11-19)13-24-18-9-10-21(23)20(12-18)22(25)26/h2-12,24H,13-14H2,1H3,(H,25,26). The van der Waals surface area contributed by atoms with E-state index in [-0.39, 0.29) is 10.6 Å². The van der Waals surface area contributed by atoms with Gasteiger partial charge in [0.25, 0.3) is 0 Å². The maximum Gasteiger partial charge on any atom is 0.337 e. The Morgan fingerprint density at radius 1 is 1.07 bits per heavy atom. The van der Waals surface area contributed by atoms with E-state index in [9.17, 15) is 4.79 Å². The maximum absolute atomic E-state index is 11.2. The normalized spacial score (nSPS) is 10.4. The van der Waals surface area contributed by atoms with E-state index in [1.54, 1.807) is 12.1 Å². The quantitative estimate of drug-likeness (QED) is 0.564. The van der Waals surface area contributed by atoms with E-state index in [1.807, 2.05) is 36.4 Å². The lowest BCUT2D eigenvalue weighted by atomic mass is 10.1. The summed E-state index contributed by atoms with van der Waals surface area (Å²) in [6.45, 7) is 3.13. The minimum absolute atomic E-state index is 0.0805. The number of rotatable bonds is 7. The molecule has 0 aliphatic carbocycles. The van der Waals surface area contributed by atoms with Crippen LogP contribution in [0.3, 0.4) is 0 Å². The van der Waals surface area contributed by atoms with Crippen LogP contribution in [0.15, 0.2) is 66.7 Å². The number of hydrogen-bond acceptors (Lipinski definition) is 3. The summed E-state index contributed by atoms with van der Waals surface area (Å²) in [4.78, 5) is 11.2. The molecule has 0 bridgehead atoms. The van der Waals surface area contributed by atoms with Crippen molar-refractivity contribution in [2.45, 2.75) is 20.1 Å². The van der Waals surface area contributed by atoms with E-state index in [1.165, 1.54) is 11.6 Å². The summed E-state index contributed by atoms with van der Waals surface area (Å²) in [5.74, 6) is -0.255. The van der Waals surface area contributed by atoms with E-state index < -0.39 is 5.97 Å². The number of benzene rings is 3. The van der Waals surface area contributed by atoms with Gasteiger partial charge in [-0.1, -0.05) is 48.0 Å². The number of aryl methyl sites for hydroxylation is 1. The smallest absolute Gasteiger partial charge is 0.337 e. The molecule has 27 heavy (non-hydrogen) atoms. The van der Waals surface area contributed by atoms with Crippen molar-refractivity contribution in [1.82, 2.24) is 0 Å². The van der Waals surface area contributed by atoms with Crippen LogP contribution in [0.4, 0.5) is 5.69 Å². The molecule has 0 saturated carbocycles. The highest BCUT2D eigenvalue weighted by atomic mass is 35.5. The number of aromatic carboxylic acids is 1. The summed E-state index contributed by atoms with van der Waals surface area (Å²) in [6.07, 6.45) is 0. The average Bonchev–Trinajstić information content (AvgIpc) is 2.67. The molecule has 0 aliphatic heterocycles. The number of hydrogen-bond donors (Lipinski definition) is 2. The third-order valence-corrected chi connectivity index (χ3v) is 4.58. The highest BCUT2D eigenvalue weighted by molar-refractivity contribution is 6.33. The van der Waals surface area contributed by atoms with Crippen molar-refractivity contribution in [3.05, 3.63) is 94.0 Å². The fourth-order valence-corrected chi connectivity index (χ4v) is 2.88. The summed E-state index contributed by atoms with van der Waals surface area (Å²) in [7, 11) is 0. The molecule has 0 aromatic heterocycles. The molecule has 0 heterocycles. The first-order valence-corrected chi connectivity index (χ1v) is 8.93. The maximum atomic E-state index is 11.2. The van der Waals surface area contributed by atoms with Gasteiger partial charge >= 0.3 is 5.97 Å². The van der Waals surface area contributed by atoms with Crippen LogP contribution < -0.4 is 10.1 Å². The molecule has 5 heteroatoms. The van der Waals surface area contributed by atoms with Crippen molar-refractivity contribution in [3.8, 4) is 5.75 Å². The zero-order valence-corrected chi connectivity index (χ0v) is 15.7. The zero-order chi connectivity index (χ0) is 19.2. The molecule has 0 amide bonds. The molecule has 3 aromatic rings. The molecule has 0 atom stereocenters. The lowest BCUT2D eigenvalue weighted by molar-refractivity contribution is 0.0697. The summed E-state index contributed by atoms with van der Waals surface area (Å²) >= 11 is 5.90. The van der Waals surface area contributed by atoms with Crippen LogP contribution in [0.25, 0.3) is 0 Å². The van der Waals surface area contributed by atoms with Gasteiger partial charge in [0.2, 0.25) is 0 Å². The number of carbonyl (C=O) groups is 1. The summed E-state index contributed by atoms with van der Waals surface area (Å²) in [5.41, 5.74) is 4.17. The Morgan fingerprint density at radius 3 is 2.67 bits per heavy atom. The van der Waals surface area contributed by atoms with E-state index in [4.69, 9.17) is 21.4 Å². The Kier molecular flexibility index (Phi) is 5.99. The van der Waals surface area contributed by atoms with E-state index >= 15 is 0 Å². The zero-order valence-electron chi connectivity index (χ0n) is 14.9. The lowest BCUT2D eigenvalue weighted by Crippen LogP contribution is -2.03. The van der Waals surface area contributed by atoms with Gasteiger partial charge in [-0.05, 0) is 53.9 Å². The van der Waals surface area contributed by atoms with Gasteiger partial charge in [0.05, 0.1) is 10.6 Å². The van der Waals surface area contributed by atoms with Crippen LogP contribution in [0.2, 0.25) is 5.02 Å². The van der Waals surface area contributed by atoms with Crippen LogP contribution >= 0.6 is 11.6 Å². The number of carboxylic acids is 1. The molecular weight excluding hydrogens is 362 g/mol. The molecule has 0 radical (unpaired) electrons. The first-order chi connectivity index (χ1) is 13.0. The van der Waals surface area contributed by atoms with E-state index in [0.717, 1.165) is 16.9 Å². The summed E-state index contributed by atoms with van der Waals surface area (Å²) in [5, 5.41) is 12.6. The second-order valence-corrected chi connectivity index (χ2v) is 6.62. The van der Waals surface area contributed by atoms with Crippen molar-refractivity contribution in [1.29, 1.82) is 0 Å². The minimum atomic E-state index is -1.05. The van der Waals surface area contributed by atoms with Crippen molar-refractivity contribution in [2.75, 3.05) is 5.32 Å². The monoisotopic (exact) mass is 381 g/mol. The Labute approximate surface area is 163 Å². The number of halogens is 1. The number of nitrogens with one attached hydrogen (secondary N) is 1. The van der Waals surface area contributed by atoms with Crippen molar-refractivity contribution in [2.24, 2.45) is 0 Å². The van der Waals surface area contributed by atoms with E-state index in [0.29, 0.717) is 18.8 Å². The molecule has 3 aromatic carbocycles. The number of carboxylic acid groups (broad SMARTS) is 1. The Morgan fingerprint density at radius 2 is 1.89 bits per heavy atom. The molecule has 3 rings (SSSR count). The first kappa shape index (κ1) is 18.8. The average molecular weight is 382 g/mol. The fraction of sp³-hybridized carbons (Fsp3) is 0.136. The summed E-state index contributed by atoms with van der Waals surface area (Å²) in [6, 6.07) is 20.8. The highest BCUT2D eigenvalue weighted by Crippen LogP contribution is 2.22. The highest BCUT2D eigenvalue weighted by Gasteiger charge is 2.09. The second-order valence-electron chi connectivity index (χ2n) is 6.22. The van der Waals surface area contributed by atoms with Crippen LogP contribution in [-0.2, 0) is 13.2 Å².